The summed E-state index contributed by atoms with van der Waals surface area (Å²) in [5, 5.41) is 5.39. The van der Waals surface area contributed by atoms with Crippen LogP contribution in [-0.4, -0.2) is 29.4 Å². The Bertz CT molecular complexity index is 1270. The van der Waals surface area contributed by atoms with Gasteiger partial charge in [-0.25, -0.2) is 4.98 Å². The Kier molecular flexibility index (Phi) is 6.92. The number of hydrogen-bond donors (Lipinski definition) is 2. The first kappa shape index (κ1) is 22.4. The van der Waals surface area contributed by atoms with E-state index in [0.29, 0.717) is 11.3 Å². The van der Waals surface area contributed by atoms with Crippen LogP contribution >= 0.6 is 22.7 Å². The fourth-order valence-corrected chi connectivity index (χ4v) is 4.90. The lowest BCUT2D eigenvalue weighted by atomic mass is 10.2. The minimum Gasteiger partial charge on any atom is -0.455 e. The highest BCUT2D eigenvalue weighted by Crippen LogP contribution is 2.36. The Hall–Kier alpha value is -3.82. The van der Waals surface area contributed by atoms with Crippen molar-refractivity contribution >= 4 is 46.1 Å². The first-order chi connectivity index (χ1) is 16.0. The Balaban J connectivity index is 1.40. The van der Waals surface area contributed by atoms with Gasteiger partial charge in [-0.05, 0) is 35.7 Å². The molecule has 0 radical (unpaired) electrons. The molecule has 2 heterocycles. The zero-order valence-electron chi connectivity index (χ0n) is 17.3. The highest BCUT2D eigenvalue weighted by atomic mass is 32.1. The molecule has 2 aromatic carbocycles. The third-order valence-electron chi connectivity index (χ3n) is 4.59. The fraction of sp³-hybridized carbons (Fsp3) is 0.0833. The van der Waals surface area contributed by atoms with Crippen LogP contribution in [0.15, 0.2) is 72.1 Å². The second kappa shape index (κ2) is 10.2. The number of nitrogens with one attached hydrogen (secondary N) is 1. The van der Waals surface area contributed by atoms with Crippen molar-refractivity contribution < 1.29 is 19.1 Å². The number of carbonyl (C=O) groups is 3. The summed E-state index contributed by atoms with van der Waals surface area (Å²) in [4.78, 5) is 42.2. The van der Waals surface area contributed by atoms with Gasteiger partial charge in [0.1, 0.15) is 5.01 Å². The quantitative estimate of drug-likeness (QED) is 0.366. The zero-order chi connectivity index (χ0) is 23.2. The summed E-state index contributed by atoms with van der Waals surface area (Å²) in [6, 6.07) is 19.8. The molecule has 9 heteroatoms. The predicted molar refractivity (Wildman–Crippen MR) is 129 cm³/mol. The summed E-state index contributed by atoms with van der Waals surface area (Å²) in [5.41, 5.74) is 7.73. The smallest absolute Gasteiger partial charge is 0.311 e. The summed E-state index contributed by atoms with van der Waals surface area (Å²) in [5.74, 6) is -1.56. The maximum atomic E-state index is 12.5. The molecule has 0 saturated heterocycles. The topological polar surface area (TPSA) is 111 Å². The Morgan fingerprint density at radius 3 is 2.39 bits per heavy atom. The molecule has 0 unspecified atom stereocenters. The number of nitrogens with two attached hydrogens (primary N) is 1. The molecule has 2 aromatic heterocycles. The minimum atomic E-state index is -0.554. The van der Waals surface area contributed by atoms with Gasteiger partial charge in [-0.15, -0.1) is 22.7 Å². The average Bonchev–Trinajstić information content (AvgIpc) is 3.49. The Morgan fingerprint density at radius 1 is 0.970 bits per heavy atom. The number of aromatic nitrogens is 1. The van der Waals surface area contributed by atoms with Crippen LogP contribution in [0.25, 0.3) is 21.1 Å². The van der Waals surface area contributed by atoms with Crippen LogP contribution in [0.4, 0.5) is 5.69 Å². The van der Waals surface area contributed by atoms with Gasteiger partial charge in [0.2, 0.25) is 5.91 Å². The summed E-state index contributed by atoms with van der Waals surface area (Å²) in [7, 11) is 0. The molecule has 7 nitrogen and oxygen atoms in total. The number of rotatable bonds is 8. The van der Waals surface area contributed by atoms with Crippen LogP contribution in [0, 0.1) is 0 Å². The van der Waals surface area contributed by atoms with E-state index < -0.39 is 24.4 Å². The SMILES string of the molecule is NC(=O)c1ccc(NC(=O)COC(=O)Cc2sc(-c3ccccc3)nc2-c2cccs2)cc1. The monoisotopic (exact) mass is 477 g/mol. The van der Waals surface area contributed by atoms with Gasteiger partial charge in [0.15, 0.2) is 6.61 Å². The normalized spacial score (nSPS) is 10.5. The van der Waals surface area contributed by atoms with E-state index in [-0.39, 0.29) is 6.42 Å². The molecule has 0 bridgehead atoms. The second-order valence-electron chi connectivity index (χ2n) is 6.96. The van der Waals surface area contributed by atoms with Gasteiger partial charge in [-0.1, -0.05) is 36.4 Å². The number of hydrogen-bond acceptors (Lipinski definition) is 7. The molecule has 0 aliphatic heterocycles. The predicted octanol–water partition coefficient (Wildman–Crippen LogP) is 4.36. The Morgan fingerprint density at radius 2 is 1.73 bits per heavy atom. The van der Waals surface area contributed by atoms with Gasteiger partial charge in [-0.3, -0.25) is 14.4 Å². The number of nitrogens with zero attached hydrogens (tertiary/aromatic N) is 1. The lowest BCUT2D eigenvalue weighted by Crippen LogP contribution is -2.21. The van der Waals surface area contributed by atoms with Gasteiger partial charge >= 0.3 is 5.97 Å². The molecular weight excluding hydrogens is 458 g/mol. The number of ether oxygens (including phenoxy) is 1. The lowest BCUT2D eigenvalue weighted by Gasteiger charge is -2.07. The number of anilines is 1. The maximum Gasteiger partial charge on any atom is 0.311 e. The van der Waals surface area contributed by atoms with Crippen LogP contribution in [0.5, 0.6) is 0 Å². The van der Waals surface area contributed by atoms with Gasteiger partial charge < -0.3 is 15.8 Å². The van der Waals surface area contributed by atoms with Crippen LogP contribution in [0.2, 0.25) is 0 Å². The molecule has 0 aliphatic rings. The molecule has 4 rings (SSSR count). The summed E-state index contributed by atoms with van der Waals surface area (Å²) in [6.07, 6.45) is 0.0122. The molecule has 166 valence electrons. The summed E-state index contributed by atoms with van der Waals surface area (Å²) in [6.45, 7) is -0.422. The maximum absolute atomic E-state index is 12.5. The fourth-order valence-electron chi connectivity index (χ4n) is 3.02. The van der Waals surface area contributed by atoms with E-state index in [2.05, 4.69) is 5.32 Å². The number of primary amides is 1. The van der Waals surface area contributed by atoms with Crippen LogP contribution in [-0.2, 0) is 20.7 Å². The number of carbonyl (C=O) groups excluding carboxylic acids is 3. The molecule has 0 spiro atoms. The molecule has 2 amide bonds. The zero-order valence-corrected chi connectivity index (χ0v) is 18.9. The van der Waals surface area contributed by atoms with E-state index in [1.807, 2.05) is 47.8 Å². The number of thiophene rings is 1. The third kappa shape index (κ3) is 5.71. The largest absolute Gasteiger partial charge is 0.455 e. The molecule has 0 saturated carbocycles. The summed E-state index contributed by atoms with van der Waals surface area (Å²) < 4.78 is 5.19. The number of benzene rings is 2. The van der Waals surface area contributed by atoms with Gasteiger partial charge in [0.05, 0.1) is 17.0 Å². The van der Waals surface area contributed by atoms with E-state index in [9.17, 15) is 14.4 Å². The van der Waals surface area contributed by atoms with E-state index in [0.717, 1.165) is 26.0 Å². The standard InChI is InChI=1S/C24H19N3O4S2/c25-23(30)15-8-10-17(11-9-15)26-20(28)14-31-21(29)13-19-22(18-7-4-12-32-18)27-24(33-19)16-5-2-1-3-6-16/h1-12H,13-14H2,(H2,25,30)(H,26,28). The average molecular weight is 478 g/mol. The van der Waals surface area contributed by atoms with Crippen molar-refractivity contribution in [1.82, 2.24) is 4.98 Å². The van der Waals surface area contributed by atoms with Crippen LogP contribution in [0.1, 0.15) is 15.2 Å². The third-order valence-corrected chi connectivity index (χ3v) is 6.58. The van der Waals surface area contributed by atoms with E-state index in [1.165, 1.54) is 23.5 Å². The van der Waals surface area contributed by atoms with Crippen molar-refractivity contribution in [2.75, 3.05) is 11.9 Å². The van der Waals surface area contributed by atoms with Crippen LogP contribution < -0.4 is 11.1 Å². The highest BCUT2D eigenvalue weighted by Gasteiger charge is 2.19. The molecule has 0 atom stereocenters. The Labute approximate surface area is 197 Å². The molecule has 0 fully saturated rings. The van der Waals surface area contributed by atoms with E-state index >= 15 is 0 Å². The van der Waals surface area contributed by atoms with Gasteiger partial charge in [0, 0.05) is 21.7 Å². The molecule has 0 aliphatic carbocycles. The van der Waals surface area contributed by atoms with Crippen molar-refractivity contribution in [3.8, 4) is 21.1 Å². The highest BCUT2D eigenvalue weighted by molar-refractivity contribution is 7.17. The molecule has 4 aromatic rings. The van der Waals surface area contributed by atoms with Gasteiger partial charge in [0.25, 0.3) is 5.91 Å². The molecule has 3 N–H and O–H groups in total. The molecular formula is C24H19N3O4S2. The van der Waals surface area contributed by atoms with Crippen molar-refractivity contribution in [1.29, 1.82) is 0 Å². The molecule has 33 heavy (non-hydrogen) atoms. The van der Waals surface area contributed by atoms with Crippen molar-refractivity contribution in [2.24, 2.45) is 5.73 Å². The van der Waals surface area contributed by atoms with E-state index in [4.69, 9.17) is 15.5 Å². The number of amides is 2. The van der Waals surface area contributed by atoms with Crippen molar-refractivity contribution in [2.45, 2.75) is 6.42 Å². The minimum absolute atomic E-state index is 0.0122. The number of thiazole rings is 1. The number of esters is 1. The summed E-state index contributed by atoms with van der Waals surface area (Å²) >= 11 is 2.98. The van der Waals surface area contributed by atoms with E-state index in [1.54, 1.807) is 23.5 Å². The van der Waals surface area contributed by atoms with Crippen molar-refractivity contribution in [3.63, 3.8) is 0 Å². The second-order valence-corrected chi connectivity index (χ2v) is 8.99. The first-order valence-corrected chi connectivity index (χ1v) is 11.6. The van der Waals surface area contributed by atoms with Crippen LogP contribution in [0.3, 0.4) is 0 Å². The first-order valence-electron chi connectivity index (χ1n) is 9.94. The lowest BCUT2D eigenvalue weighted by molar-refractivity contribution is -0.146. The van der Waals surface area contributed by atoms with Crippen molar-refractivity contribution in [3.05, 3.63) is 82.6 Å². The van der Waals surface area contributed by atoms with Gasteiger partial charge in [-0.2, -0.15) is 0 Å².